The molecule has 0 saturated carbocycles. The highest BCUT2D eigenvalue weighted by Gasteiger charge is 2.24. The third-order valence-corrected chi connectivity index (χ3v) is 2.79. The van der Waals surface area contributed by atoms with Gasteiger partial charge in [-0.25, -0.2) is 4.79 Å². The molecule has 0 fully saturated rings. The summed E-state index contributed by atoms with van der Waals surface area (Å²) in [6.45, 7) is 1.59. The lowest BCUT2D eigenvalue weighted by Gasteiger charge is -2.11. The molecule has 6 nitrogen and oxygen atoms in total. The van der Waals surface area contributed by atoms with Crippen LogP contribution in [-0.4, -0.2) is 16.0 Å². The lowest BCUT2D eigenvalue weighted by Crippen LogP contribution is -2.03. The Bertz CT molecular complexity index is 729. The standard InChI is InChI=1S/C14H10FNO5/c1-8-4-2-5-9(14(17)18)13(8)21-11-7-3-6-10(15)12(11)16(19)20/h2-7H,1H3,(H,17,18). The van der Waals surface area contributed by atoms with Gasteiger partial charge in [0, 0.05) is 0 Å². The summed E-state index contributed by atoms with van der Waals surface area (Å²) < 4.78 is 18.8. The van der Waals surface area contributed by atoms with E-state index in [0.29, 0.717) is 5.56 Å². The van der Waals surface area contributed by atoms with Crippen molar-refractivity contribution in [2.45, 2.75) is 6.92 Å². The van der Waals surface area contributed by atoms with Crippen molar-refractivity contribution in [3.8, 4) is 11.5 Å². The van der Waals surface area contributed by atoms with Gasteiger partial charge < -0.3 is 9.84 Å². The van der Waals surface area contributed by atoms with Gasteiger partial charge in [0.2, 0.25) is 11.6 Å². The van der Waals surface area contributed by atoms with E-state index in [0.717, 1.165) is 6.07 Å². The number of carbonyl (C=O) groups is 1. The van der Waals surface area contributed by atoms with Crippen LogP contribution in [0.1, 0.15) is 15.9 Å². The molecule has 0 atom stereocenters. The van der Waals surface area contributed by atoms with Crippen LogP contribution >= 0.6 is 0 Å². The van der Waals surface area contributed by atoms with Gasteiger partial charge in [0.25, 0.3) is 0 Å². The molecular formula is C14H10FNO5. The smallest absolute Gasteiger partial charge is 0.346 e. The van der Waals surface area contributed by atoms with Gasteiger partial charge in [-0.15, -0.1) is 0 Å². The molecule has 21 heavy (non-hydrogen) atoms. The summed E-state index contributed by atoms with van der Waals surface area (Å²) in [7, 11) is 0. The highest BCUT2D eigenvalue weighted by molar-refractivity contribution is 5.91. The van der Waals surface area contributed by atoms with E-state index in [4.69, 9.17) is 9.84 Å². The van der Waals surface area contributed by atoms with E-state index in [1.54, 1.807) is 13.0 Å². The summed E-state index contributed by atoms with van der Waals surface area (Å²) in [5.41, 5.74) is -0.529. The largest absolute Gasteiger partial charge is 0.478 e. The number of benzene rings is 2. The molecule has 2 rings (SSSR count). The number of carboxylic acids is 1. The fourth-order valence-electron chi connectivity index (χ4n) is 1.82. The molecule has 0 radical (unpaired) electrons. The SMILES string of the molecule is Cc1cccc(C(=O)O)c1Oc1cccc(F)c1[N+](=O)[O-]. The van der Waals surface area contributed by atoms with Gasteiger partial charge in [-0.05, 0) is 30.7 Å². The van der Waals surface area contributed by atoms with Crippen LogP contribution < -0.4 is 4.74 Å². The monoisotopic (exact) mass is 291 g/mol. The van der Waals surface area contributed by atoms with Gasteiger partial charge in [0.1, 0.15) is 11.3 Å². The highest BCUT2D eigenvalue weighted by atomic mass is 19.1. The Morgan fingerprint density at radius 3 is 2.57 bits per heavy atom. The fraction of sp³-hybridized carbons (Fsp3) is 0.0714. The first-order valence-corrected chi connectivity index (χ1v) is 5.85. The van der Waals surface area contributed by atoms with E-state index in [-0.39, 0.29) is 17.1 Å². The van der Waals surface area contributed by atoms with Gasteiger partial charge in [-0.1, -0.05) is 18.2 Å². The van der Waals surface area contributed by atoms with Crippen molar-refractivity contribution in [2.24, 2.45) is 0 Å². The van der Waals surface area contributed by atoms with E-state index in [9.17, 15) is 19.3 Å². The molecular weight excluding hydrogens is 281 g/mol. The zero-order valence-electron chi connectivity index (χ0n) is 10.9. The molecule has 2 aromatic carbocycles. The second kappa shape index (κ2) is 5.58. The predicted octanol–water partition coefficient (Wildman–Crippen LogP) is 3.53. The lowest BCUT2D eigenvalue weighted by atomic mass is 10.1. The number of nitro groups is 1. The van der Waals surface area contributed by atoms with Crippen LogP contribution in [0.3, 0.4) is 0 Å². The Hall–Kier alpha value is -2.96. The van der Waals surface area contributed by atoms with Crippen molar-refractivity contribution >= 4 is 11.7 Å². The molecule has 0 aromatic heterocycles. The number of nitro benzene ring substituents is 1. The van der Waals surface area contributed by atoms with Crippen LogP contribution in [0.4, 0.5) is 10.1 Å². The number of hydrogen-bond donors (Lipinski definition) is 1. The van der Waals surface area contributed by atoms with Crippen LogP contribution in [0, 0.1) is 22.9 Å². The normalized spacial score (nSPS) is 10.2. The number of halogens is 1. The van der Waals surface area contributed by atoms with E-state index in [2.05, 4.69) is 0 Å². The van der Waals surface area contributed by atoms with Crippen LogP contribution in [0.5, 0.6) is 11.5 Å². The molecule has 7 heteroatoms. The summed E-state index contributed by atoms with van der Waals surface area (Å²) in [6.07, 6.45) is 0. The first-order valence-electron chi connectivity index (χ1n) is 5.85. The van der Waals surface area contributed by atoms with Crippen LogP contribution in [-0.2, 0) is 0 Å². The van der Waals surface area contributed by atoms with Crippen LogP contribution in [0.25, 0.3) is 0 Å². The molecule has 0 spiro atoms. The molecule has 2 aromatic rings. The molecule has 0 saturated heterocycles. The predicted molar refractivity (Wildman–Crippen MR) is 71.3 cm³/mol. The molecule has 0 aliphatic rings. The molecule has 0 aliphatic carbocycles. The summed E-state index contributed by atoms with van der Waals surface area (Å²) in [4.78, 5) is 21.2. The van der Waals surface area contributed by atoms with Crippen molar-refractivity contribution in [1.82, 2.24) is 0 Å². The maximum absolute atomic E-state index is 13.5. The van der Waals surface area contributed by atoms with Crippen molar-refractivity contribution in [2.75, 3.05) is 0 Å². The Kier molecular flexibility index (Phi) is 3.84. The lowest BCUT2D eigenvalue weighted by molar-refractivity contribution is -0.388. The van der Waals surface area contributed by atoms with Crippen molar-refractivity contribution in [3.63, 3.8) is 0 Å². The molecule has 0 aliphatic heterocycles. The van der Waals surface area contributed by atoms with Crippen LogP contribution in [0.15, 0.2) is 36.4 Å². The summed E-state index contributed by atoms with van der Waals surface area (Å²) in [6, 6.07) is 7.80. The van der Waals surface area contributed by atoms with E-state index >= 15 is 0 Å². The minimum absolute atomic E-state index is 0.0568. The first-order chi connectivity index (χ1) is 9.91. The Balaban J connectivity index is 2.56. The van der Waals surface area contributed by atoms with Crippen molar-refractivity contribution in [1.29, 1.82) is 0 Å². The number of ether oxygens (including phenoxy) is 1. The zero-order chi connectivity index (χ0) is 15.6. The van der Waals surface area contributed by atoms with Gasteiger partial charge in [0.05, 0.1) is 4.92 Å². The number of para-hydroxylation sites is 2. The second-order valence-electron chi connectivity index (χ2n) is 4.20. The number of aromatic carboxylic acids is 1. The van der Waals surface area contributed by atoms with Crippen molar-refractivity contribution < 1.29 is 24.0 Å². The van der Waals surface area contributed by atoms with Crippen LogP contribution in [0.2, 0.25) is 0 Å². The van der Waals surface area contributed by atoms with Gasteiger partial charge in [0.15, 0.2) is 0 Å². The van der Waals surface area contributed by atoms with E-state index in [1.165, 1.54) is 24.3 Å². The molecule has 0 bridgehead atoms. The molecule has 0 amide bonds. The number of aryl methyl sites for hydroxylation is 1. The molecule has 108 valence electrons. The van der Waals surface area contributed by atoms with E-state index in [1.807, 2.05) is 0 Å². The minimum atomic E-state index is -1.24. The van der Waals surface area contributed by atoms with Gasteiger partial charge in [-0.3, -0.25) is 10.1 Å². The fourth-order valence-corrected chi connectivity index (χ4v) is 1.82. The first kappa shape index (κ1) is 14.4. The third-order valence-electron chi connectivity index (χ3n) is 2.79. The second-order valence-corrected chi connectivity index (χ2v) is 4.20. The highest BCUT2D eigenvalue weighted by Crippen LogP contribution is 2.36. The van der Waals surface area contributed by atoms with E-state index < -0.39 is 22.4 Å². The third kappa shape index (κ3) is 2.81. The zero-order valence-corrected chi connectivity index (χ0v) is 10.9. The Labute approximate surface area is 118 Å². The number of hydrogen-bond acceptors (Lipinski definition) is 4. The maximum Gasteiger partial charge on any atom is 0.346 e. The topological polar surface area (TPSA) is 89.7 Å². The maximum atomic E-state index is 13.5. The number of rotatable bonds is 4. The minimum Gasteiger partial charge on any atom is -0.478 e. The summed E-state index contributed by atoms with van der Waals surface area (Å²) in [5.74, 6) is -2.70. The van der Waals surface area contributed by atoms with Gasteiger partial charge >= 0.3 is 11.7 Å². The quantitative estimate of drug-likeness (QED) is 0.687. The average Bonchev–Trinajstić information content (AvgIpc) is 2.40. The summed E-state index contributed by atoms with van der Waals surface area (Å²) in [5, 5.41) is 20.0. The molecule has 1 N–H and O–H groups in total. The van der Waals surface area contributed by atoms with Gasteiger partial charge in [-0.2, -0.15) is 4.39 Å². The summed E-state index contributed by atoms with van der Waals surface area (Å²) >= 11 is 0. The molecule has 0 heterocycles. The number of nitrogens with zero attached hydrogens (tertiary/aromatic N) is 1. The van der Waals surface area contributed by atoms with Crippen molar-refractivity contribution in [3.05, 3.63) is 63.5 Å². The molecule has 0 unspecified atom stereocenters. The average molecular weight is 291 g/mol. The Morgan fingerprint density at radius 2 is 1.95 bits per heavy atom. The number of carboxylic acid groups (broad SMARTS) is 1. The Morgan fingerprint density at radius 1 is 1.29 bits per heavy atom.